The van der Waals surface area contributed by atoms with Gasteiger partial charge in [-0.15, -0.1) is 0 Å². The van der Waals surface area contributed by atoms with Crippen molar-refractivity contribution in [2.45, 2.75) is 13.5 Å². The Hall–Kier alpha value is -2.29. The van der Waals surface area contributed by atoms with Crippen LogP contribution in [0, 0.1) is 0 Å². The Kier molecular flexibility index (Phi) is 1.81. The van der Waals surface area contributed by atoms with Crippen LogP contribution >= 0.6 is 0 Å². The Morgan fingerprint density at radius 2 is 2.00 bits per heavy atom. The molecule has 0 N–H and O–H groups in total. The maximum absolute atomic E-state index is 5.40. The highest BCUT2D eigenvalue weighted by molar-refractivity contribution is 6.18. The van der Waals surface area contributed by atoms with E-state index >= 15 is 0 Å². The zero-order valence-corrected chi connectivity index (χ0v) is 10.1. The third-order valence-electron chi connectivity index (χ3n) is 3.55. The summed E-state index contributed by atoms with van der Waals surface area (Å²) in [6, 6.07) is 12.6. The van der Waals surface area contributed by atoms with Crippen molar-refractivity contribution >= 4 is 32.9 Å². The summed E-state index contributed by atoms with van der Waals surface area (Å²) in [6.07, 6.45) is 1.52. The molecule has 0 bridgehead atoms. The third-order valence-corrected chi connectivity index (χ3v) is 3.55. The fourth-order valence-corrected chi connectivity index (χ4v) is 2.80. The first-order valence-electron chi connectivity index (χ1n) is 6.13. The number of nitrogens with zero attached hydrogens (tertiary/aromatic N) is 2. The van der Waals surface area contributed by atoms with Crippen molar-refractivity contribution < 1.29 is 4.42 Å². The van der Waals surface area contributed by atoms with Crippen LogP contribution in [-0.4, -0.2) is 9.55 Å². The maximum Gasteiger partial charge on any atom is 0.182 e. The number of hydrogen-bond donors (Lipinski definition) is 0. The normalized spacial score (nSPS) is 11.8. The zero-order valence-electron chi connectivity index (χ0n) is 10.1. The molecule has 2 heterocycles. The molecule has 0 aliphatic rings. The molecular formula is C15H12N2O. The molecule has 4 aromatic rings. The highest BCUT2D eigenvalue weighted by atomic mass is 16.3. The lowest BCUT2D eigenvalue weighted by atomic mass is 10.1. The summed E-state index contributed by atoms with van der Waals surface area (Å²) in [5, 5.41) is 2.44. The van der Waals surface area contributed by atoms with Crippen LogP contribution in [0.1, 0.15) is 6.92 Å². The van der Waals surface area contributed by atoms with E-state index in [0.29, 0.717) is 0 Å². The van der Waals surface area contributed by atoms with E-state index in [4.69, 9.17) is 4.42 Å². The minimum Gasteiger partial charge on any atom is -0.443 e. The average molecular weight is 236 g/mol. The number of para-hydroxylation sites is 1. The van der Waals surface area contributed by atoms with Crippen molar-refractivity contribution in [1.82, 2.24) is 9.55 Å². The lowest BCUT2D eigenvalue weighted by molar-refractivity contribution is 0.602. The predicted octanol–water partition coefficient (Wildman–Crippen LogP) is 3.96. The summed E-state index contributed by atoms with van der Waals surface area (Å²) < 4.78 is 7.72. The summed E-state index contributed by atoms with van der Waals surface area (Å²) in [4.78, 5) is 4.36. The van der Waals surface area contributed by atoms with Crippen LogP contribution in [0.2, 0.25) is 0 Å². The van der Waals surface area contributed by atoms with Crippen molar-refractivity contribution in [2.75, 3.05) is 0 Å². The first kappa shape index (κ1) is 9.71. The molecule has 0 amide bonds. The second-order valence-corrected chi connectivity index (χ2v) is 4.42. The number of rotatable bonds is 1. The van der Waals surface area contributed by atoms with E-state index in [9.17, 15) is 0 Å². The number of oxazole rings is 1. The lowest BCUT2D eigenvalue weighted by Crippen LogP contribution is -1.92. The molecule has 4 rings (SSSR count). The van der Waals surface area contributed by atoms with E-state index in [1.54, 1.807) is 0 Å². The molecule has 0 saturated carbocycles. The summed E-state index contributed by atoms with van der Waals surface area (Å²) >= 11 is 0. The van der Waals surface area contributed by atoms with Gasteiger partial charge in [0, 0.05) is 22.8 Å². The zero-order chi connectivity index (χ0) is 12.1. The Bertz CT molecular complexity index is 870. The molecular weight excluding hydrogens is 224 g/mol. The van der Waals surface area contributed by atoms with Crippen molar-refractivity contribution in [1.29, 1.82) is 0 Å². The minimum absolute atomic E-state index is 0.849. The Morgan fingerprint density at radius 3 is 2.89 bits per heavy atom. The van der Waals surface area contributed by atoms with Crippen molar-refractivity contribution in [3.8, 4) is 0 Å². The number of aromatic nitrogens is 2. The van der Waals surface area contributed by atoms with E-state index in [1.807, 2.05) is 6.07 Å². The van der Waals surface area contributed by atoms with Crippen LogP contribution in [0.5, 0.6) is 0 Å². The Balaban J connectivity index is 2.39. The fraction of sp³-hybridized carbons (Fsp3) is 0.133. The van der Waals surface area contributed by atoms with Gasteiger partial charge in [-0.05, 0) is 25.1 Å². The molecule has 3 heteroatoms. The van der Waals surface area contributed by atoms with Gasteiger partial charge in [0.25, 0.3) is 0 Å². The summed E-state index contributed by atoms with van der Waals surface area (Å²) in [6.45, 7) is 3.12. The SMILES string of the molecule is CCn1c2ccccc2c2c3ncoc3ccc21. The summed E-state index contributed by atoms with van der Waals surface area (Å²) in [7, 11) is 0. The van der Waals surface area contributed by atoms with E-state index in [2.05, 4.69) is 46.8 Å². The standard InChI is InChI=1S/C15H12N2O/c1-2-17-11-6-4-3-5-10(11)14-12(17)7-8-13-15(14)16-9-18-13/h3-9H,2H2,1H3. The van der Waals surface area contributed by atoms with Crippen molar-refractivity contribution in [3.63, 3.8) is 0 Å². The topological polar surface area (TPSA) is 31.0 Å². The first-order valence-corrected chi connectivity index (χ1v) is 6.13. The second kappa shape index (κ2) is 3.35. The van der Waals surface area contributed by atoms with Gasteiger partial charge in [-0.25, -0.2) is 4.98 Å². The van der Waals surface area contributed by atoms with Gasteiger partial charge in [0.15, 0.2) is 12.0 Å². The minimum atomic E-state index is 0.849. The molecule has 18 heavy (non-hydrogen) atoms. The van der Waals surface area contributed by atoms with Gasteiger partial charge in [0.05, 0.1) is 5.52 Å². The molecule has 0 aliphatic heterocycles. The van der Waals surface area contributed by atoms with Crippen LogP contribution in [0.3, 0.4) is 0 Å². The average Bonchev–Trinajstić information content (AvgIpc) is 2.99. The fourth-order valence-electron chi connectivity index (χ4n) is 2.80. The second-order valence-electron chi connectivity index (χ2n) is 4.42. The molecule has 0 radical (unpaired) electrons. The molecule has 0 atom stereocenters. The molecule has 0 spiro atoms. The summed E-state index contributed by atoms with van der Waals surface area (Å²) in [5.74, 6) is 0. The highest BCUT2D eigenvalue weighted by Crippen LogP contribution is 2.33. The number of aryl methyl sites for hydroxylation is 1. The molecule has 0 fully saturated rings. The van der Waals surface area contributed by atoms with Crippen LogP contribution in [-0.2, 0) is 6.54 Å². The van der Waals surface area contributed by atoms with E-state index in [1.165, 1.54) is 28.2 Å². The molecule has 3 nitrogen and oxygen atoms in total. The van der Waals surface area contributed by atoms with Crippen LogP contribution in [0.25, 0.3) is 32.9 Å². The van der Waals surface area contributed by atoms with Gasteiger partial charge in [-0.1, -0.05) is 18.2 Å². The quantitative estimate of drug-likeness (QED) is 0.501. The maximum atomic E-state index is 5.40. The number of hydrogen-bond acceptors (Lipinski definition) is 2. The Morgan fingerprint density at radius 1 is 1.11 bits per heavy atom. The van der Waals surface area contributed by atoms with Gasteiger partial charge in [-0.2, -0.15) is 0 Å². The van der Waals surface area contributed by atoms with Crippen LogP contribution < -0.4 is 0 Å². The first-order chi connectivity index (χ1) is 8.90. The number of fused-ring (bicyclic) bond motifs is 5. The van der Waals surface area contributed by atoms with Gasteiger partial charge in [0.1, 0.15) is 5.52 Å². The summed E-state index contributed by atoms with van der Waals surface area (Å²) in [5.41, 5.74) is 4.28. The lowest BCUT2D eigenvalue weighted by Gasteiger charge is -2.01. The molecule has 2 aromatic carbocycles. The predicted molar refractivity (Wildman–Crippen MR) is 72.7 cm³/mol. The smallest absolute Gasteiger partial charge is 0.182 e. The highest BCUT2D eigenvalue weighted by Gasteiger charge is 2.13. The third kappa shape index (κ3) is 1.06. The largest absolute Gasteiger partial charge is 0.443 e. The molecule has 0 unspecified atom stereocenters. The van der Waals surface area contributed by atoms with Gasteiger partial charge >= 0.3 is 0 Å². The van der Waals surface area contributed by atoms with Crippen LogP contribution in [0.4, 0.5) is 0 Å². The van der Waals surface area contributed by atoms with Crippen molar-refractivity contribution in [2.24, 2.45) is 0 Å². The van der Waals surface area contributed by atoms with Crippen LogP contribution in [0.15, 0.2) is 47.2 Å². The van der Waals surface area contributed by atoms with E-state index in [-0.39, 0.29) is 0 Å². The van der Waals surface area contributed by atoms with Gasteiger partial charge < -0.3 is 8.98 Å². The molecule has 0 aliphatic carbocycles. The van der Waals surface area contributed by atoms with Gasteiger partial charge in [0.2, 0.25) is 0 Å². The molecule has 2 aromatic heterocycles. The molecule has 0 saturated heterocycles. The van der Waals surface area contributed by atoms with E-state index < -0.39 is 0 Å². The van der Waals surface area contributed by atoms with Crippen molar-refractivity contribution in [3.05, 3.63) is 42.8 Å². The van der Waals surface area contributed by atoms with Gasteiger partial charge in [-0.3, -0.25) is 0 Å². The number of benzene rings is 2. The Labute approximate surface area is 104 Å². The monoisotopic (exact) mass is 236 g/mol. The molecule has 88 valence electrons. The van der Waals surface area contributed by atoms with E-state index in [0.717, 1.165) is 17.6 Å².